The molecule has 1 N–H and O–H groups in total. The highest BCUT2D eigenvalue weighted by molar-refractivity contribution is 7.91. The van der Waals surface area contributed by atoms with E-state index in [-0.39, 0.29) is 5.75 Å². The number of benzene rings is 2. The average molecular weight is 275 g/mol. The molecule has 2 aromatic rings. The van der Waals surface area contributed by atoms with Crippen LogP contribution in [-0.4, -0.2) is 8.42 Å². The number of anilines is 1. The second kappa shape index (κ2) is 5.45. The maximum absolute atomic E-state index is 12.1. The van der Waals surface area contributed by atoms with E-state index in [1.165, 1.54) is 0 Å². The summed E-state index contributed by atoms with van der Waals surface area (Å²) in [7, 11) is -3.37. The third-order valence-electron chi connectivity index (χ3n) is 2.98. The normalized spacial score (nSPS) is 11.3. The Morgan fingerprint density at radius 3 is 2.26 bits per heavy atom. The Kier molecular flexibility index (Phi) is 3.90. The molecule has 0 aliphatic heterocycles. The second-order valence-electron chi connectivity index (χ2n) is 4.65. The van der Waals surface area contributed by atoms with Crippen LogP contribution < -0.4 is 4.72 Å². The van der Waals surface area contributed by atoms with Crippen LogP contribution in [0.4, 0.5) is 5.69 Å². The van der Waals surface area contributed by atoms with Gasteiger partial charge in [-0.1, -0.05) is 36.4 Å². The van der Waals surface area contributed by atoms with E-state index >= 15 is 0 Å². The van der Waals surface area contributed by atoms with Gasteiger partial charge in [-0.2, -0.15) is 0 Å². The lowest BCUT2D eigenvalue weighted by Crippen LogP contribution is -2.15. The van der Waals surface area contributed by atoms with Gasteiger partial charge in [0, 0.05) is 5.69 Å². The maximum atomic E-state index is 12.1. The van der Waals surface area contributed by atoms with Crippen molar-refractivity contribution in [1.82, 2.24) is 0 Å². The summed E-state index contributed by atoms with van der Waals surface area (Å²) in [6, 6.07) is 14.7. The zero-order valence-electron chi connectivity index (χ0n) is 11.1. The minimum Gasteiger partial charge on any atom is -0.283 e. The number of sulfonamides is 1. The topological polar surface area (TPSA) is 46.2 Å². The molecule has 2 rings (SSSR count). The van der Waals surface area contributed by atoms with E-state index in [1.807, 2.05) is 44.2 Å². The number of aryl methyl sites for hydroxylation is 2. The van der Waals surface area contributed by atoms with Gasteiger partial charge in [-0.3, -0.25) is 4.72 Å². The van der Waals surface area contributed by atoms with Crippen LogP contribution in [0.2, 0.25) is 0 Å². The molecule has 2 aromatic carbocycles. The Morgan fingerprint density at radius 2 is 1.63 bits per heavy atom. The first-order chi connectivity index (χ1) is 8.96. The molecule has 0 bridgehead atoms. The van der Waals surface area contributed by atoms with Gasteiger partial charge in [0.1, 0.15) is 0 Å². The first kappa shape index (κ1) is 13.6. The molecule has 0 radical (unpaired) electrons. The lowest BCUT2D eigenvalue weighted by Gasteiger charge is -2.09. The van der Waals surface area contributed by atoms with E-state index in [2.05, 4.69) is 4.72 Å². The van der Waals surface area contributed by atoms with Crippen molar-refractivity contribution in [2.24, 2.45) is 0 Å². The fourth-order valence-electron chi connectivity index (χ4n) is 1.81. The summed E-state index contributed by atoms with van der Waals surface area (Å²) in [5.74, 6) is -0.0131. The lowest BCUT2D eigenvalue weighted by atomic mass is 10.1. The second-order valence-corrected chi connectivity index (χ2v) is 6.37. The van der Waals surface area contributed by atoms with Crippen LogP contribution in [0.25, 0.3) is 0 Å². The van der Waals surface area contributed by atoms with Gasteiger partial charge in [-0.25, -0.2) is 8.42 Å². The number of hydrogen-bond donors (Lipinski definition) is 1. The highest BCUT2D eigenvalue weighted by Gasteiger charge is 2.11. The summed E-state index contributed by atoms with van der Waals surface area (Å²) < 4.78 is 26.7. The minimum absolute atomic E-state index is 0.0131. The molecule has 3 nitrogen and oxygen atoms in total. The SMILES string of the molecule is Cc1ccc(NS(=O)(=O)Cc2ccccc2)cc1C. The lowest BCUT2D eigenvalue weighted by molar-refractivity contribution is 0.600. The first-order valence-corrected chi connectivity index (χ1v) is 7.73. The fraction of sp³-hybridized carbons (Fsp3) is 0.200. The summed E-state index contributed by atoms with van der Waals surface area (Å²) >= 11 is 0. The molecule has 0 fully saturated rings. The zero-order valence-corrected chi connectivity index (χ0v) is 11.9. The molecule has 19 heavy (non-hydrogen) atoms. The fourth-order valence-corrected chi connectivity index (χ4v) is 3.00. The van der Waals surface area contributed by atoms with E-state index < -0.39 is 10.0 Å². The molecule has 0 aromatic heterocycles. The molecule has 0 unspecified atom stereocenters. The van der Waals surface area contributed by atoms with Crippen LogP contribution in [0.1, 0.15) is 16.7 Å². The Hall–Kier alpha value is -1.81. The van der Waals surface area contributed by atoms with Crippen molar-refractivity contribution in [3.8, 4) is 0 Å². The van der Waals surface area contributed by atoms with Gasteiger partial charge in [-0.15, -0.1) is 0 Å². The maximum Gasteiger partial charge on any atom is 0.236 e. The summed E-state index contributed by atoms with van der Waals surface area (Å²) in [5, 5.41) is 0. The molecule has 0 amide bonds. The zero-order chi connectivity index (χ0) is 13.9. The van der Waals surface area contributed by atoms with Gasteiger partial charge in [0.25, 0.3) is 0 Å². The van der Waals surface area contributed by atoms with Crippen molar-refractivity contribution in [3.63, 3.8) is 0 Å². The third-order valence-corrected chi connectivity index (χ3v) is 4.24. The van der Waals surface area contributed by atoms with E-state index in [4.69, 9.17) is 0 Å². The number of rotatable bonds is 4. The molecular formula is C15H17NO2S. The largest absolute Gasteiger partial charge is 0.283 e. The molecule has 0 spiro atoms. The first-order valence-electron chi connectivity index (χ1n) is 6.08. The van der Waals surface area contributed by atoms with Crippen molar-refractivity contribution < 1.29 is 8.42 Å². The van der Waals surface area contributed by atoms with Crippen molar-refractivity contribution in [1.29, 1.82) is 0 Å². The Balaban J connectivity index is 2.15. The quantitative estimate of drug-likeness (QED) is 0.931. The predicted molar refractivity (Wildman–Crippen MR) is 78.6 cm³/mol. The Bertz CT molecular complexity index is 664. The average Bonchev–Trinajstić information content (AvgIpc) is 2.34. The molecule has 0 heterocycles. The summed E-state index contributed by atoms with van der Waals surface area (Å²) in [4.78, 5) is 0. The summed E-state index contributed by atoms with van der Waals surface area (Å²) in [6.07, 6.45) is 0. The van der Waals surface area contributed by atoms with Crippen molar-refractivity contribution >= 4 is 15.7 Å². The van der Waals surface area contributed by atoms with Crippen molar-refractivity contribution in [3.05, 3.63) is 65.2 Å². The molecule has 0 aliphatic carbocycles. The van der Waals surface area contributed by atoms with E-state index in [1.54, 1.807) is 18.2 Å². The van der Waals surface area contributed by atoms with Crippen molar-refractivity contribution in [2.75, 3.05) is 4.72 Å². The van der Waals surface area contributed by atoms with Gasteiger partial charge in [0.2, 0.25) is 10.0 Å². The van der Waals surface area contributed by atoms with Gasteiger partial charge in [-0.05, 0) is 42.7 Å². The monoisotopic (exact) mass is 275 g/mol. The van der Waals surface area contributed by atoms with Crippen LogP contribution in [0.5, 0.6) is 0 Å². The van der Waals surface area contributed by atoms with Gasteiger partial charge < -0.3 is 0 Å². The van der Waals surface area contributed by atoms with E-state index in [9.17, 15) is 8.42 Å². The number of nitrogens with one attached hydrogen (secondary N) is 1. The molecule has 0 aliphatic rings. The smallest absolute Gasteiger partial charge is 0.236 e. The highest BCUT2D eigenvalue weighted by Crippen LogP contribution is 2.17. The standard InChI is InChI=1S/C15H17NO2S/c1-12-8-9-15(10-13(12)2)16-19(17,18)11-14-6-4-3-5-7-14/h3-10,16H,11H2,1-2H3. The van der Waals surface area contributed by atoms with Crippen LogP contribution in [0.15, 0.2) is 48.5 Å². The van der Waals surface area contributed by atoms with E-state index in [0.717, 1.165) is 16.7 Å². The Morgan fingerprint density at radius 1 is 0.947 bits per heavy atom. The summed E-state index contributed by atoms with van der Waals surface area (Å²) in [5.41, 5.74) is 3.60. The summed E-state index contributed by atoms with van der Waals surface area (Å²) in [6.45, 7) is 3.96. The van der Waals surface area contributed by atoms with Crippen LogP contribution in [0, 0.1) is 13.8 Å². The molecule has 0 saturated carbocycles. The molecule has 0 saturated heterocycles. The minimum atomic E-state index is -3.37. The van der Waals surface area contributed by atoms with E-state index in [0.29, 0.717) is 5.69 Å². The van der Waals surface area contributed by atoms with Crippen LogP contribution >= 0.6 is 0 Å². The van der Waals surface area contributed by atoms with Crippen LogP contribution in [-0.2, 0) is 15.8 Å². The molecular weight excluding hydrogens is 258 g/mol. The van der Waals surface area contributed by atoms with Crippen LogP contribution in [0.3, 0.4) is 0 Å². The van der Waals surface area contributed by atoms with Gasteiger partial charge in [0.15, 0.2) is 0 Å². The predicted octanol–water partition coefficient (Wildman–Crippen LogP) is 3.25. The molecule has 100 valence electrons. The van der Waals surface area contributed by atoms with Crippen molar-refractivity contribution in [2.45, 2.75) is 19.6 Å². The Labute approximate surface area is 114 Å². The molecule has 4 heteroatoms. The highest BCUT2D eigenvalue weighted by atomic mass is 32.2. The van der Waals surface area contributed by atoms with Gasteiger partial charge in [0.05, 0.1) is 5.75 Å². The molecule has 0 atom stereocenters. The van der Waals surface area contributed by atoms with Gasteiger partial charge >= 0.3 is 0 Å². The number of hydrogen-bond acceptors (Lipinski definition) is 2. The third kappa shape index (κ3) is 3.83.